The lowest BCUT2D eigenvalue weighted by molar-refractivity contribution is -0.671. The molecule has 1 aromatic carbocycles. The Bertz CT molecular complexity index is 1360. The van der Waals surface area contributed by atoms with Gasteiger partial charge in [0.05, 0.1) is 0 Å². The number of hydrogen-bond acceptors (Lipinski definition) is 4. The summed E-state index contributed by atoms with van der Waals surface area (Å²) < 4.78 is 4.12. The summed E-state index contributed by atoms with van der Waals surface area (Å²) in [6.07, 6.45) is 27.1. The van der Waals surface area contributed by atoms with Crippen LogP contribution in [0.3, 0.4) is 0 Å². The van der Waals surface area contributed by atoms with Crippen molar-refractivity contribution in [1.82, 2.24) is 9.47 Å². The minimum absolute atomic E-state index is 0.953. The Morgan fingerprint density at radius 2 is 1.43 bits per heavy atom. The molecule has 0 atom stereocenters. The lowest BCUT2D eigenvalue weighted by Crippen LogP contribution is -2.25. The molecule has 4 nitrogen and oxygen atoms in total. The molecule has 1 aliphatic carbocycles. The molecular formula is C34H41N4S2+. The van der Waals surface area contributed by atoms with Gasteiger partial charge in [0.2, 0.25) is 0 Å². The normalized spacial score (nSPS) is 13.5. The Balaban J connectivity index is 1.11. The number of pyridine rings is 1. The summed E-state index contributed by atoms with van der Waals surface area (Å²) >= 11 is 0. The summed E-state index contributed by atoms with van der Waals surface area (Å²) in [7, 11) is 12.4. The van der Waals surface area contributed by atoms with Crippen LogP contribution >= 0.6 is 21.6 Å². The molecule has 0 saturated carbocycles. The highest BCUT2D eigenvalue weighted by Crippen LogP contribution is 2.23. The maximum absolute atomic E-state index is 2.36. The zero-order chi connectivity index (χ0) is 28.2. The van der Waals surface area contributed by atoms with E-state index in [2.05, 4.69) is 149 Å². The van der Waals surface area contributed by atoms with Crippen LogP contribution in [0.25, 0.3) is 18.2 Å². The summed E-state index contributed by atoms with van der Waals surface area (Å²) in [5.74, 6) is 2.20. The molecule has 2 aromatic heterocycles. The van der Waals surface area contributed by atoms with Gasteiger partial charge in [-0.2, -0.15) is 0 Å². The van der Waals surface area contributed by atoms with Gasteiger partial charge in [-0.3, -0.25) is 0 Å². The van der Waals surface area contributed by atoms with Crippen LogP contribution in [0.2, 0.25) is 0 Å². The van der Waals surface area contributed by atoms with Gasteiger partial charge in [0.25, 0.3) is 0 Å². The highest BCUT2D eigenvalue weighted by molar-refractivity contribution is 8.76. The third-order valence-electron chi connectivity index (χ3n) is 6.80. The van der Waals surface area contributed by atoms with Crippen LogP contribution in [0.5, 0.6) is 0 Å². The molecule has 208 valence electrons. The Morgan fingerprint density at radius 1 is 0.775 bits per heavy atom. The standard InChI is InChI=1S/C34H41N4S2/c1-35-21-18-31(19-22-35)9-8-29-6-5-7-33(15-12-29)37(3)24-26-39-40-27-25-38(4)34-16-13-30(14-17-34)10-11-32-20-23-36(2)28-32/h6-23,28H,5,24-27H2,1-4H3/q+1/b9-8+,11-10+. The molecule has 0 unspecified atom stereocenters. The molecule has 40 heavy (non-hydrogen) atoms. The van der Waals surface area contributed by atoms with Crippen LogP contribution in [-0.2, 0) is 14.1 Å². The second kappa shape index (κ2) is 15.4. The van der Waals surface area contributed by atoms with Crippen molar-refractivity contribution in [3.8, 4) is 0 Å². The first-order valence-corrected chi connectivity index (χ1v) is 16.2. The van der Waals surface area contributed by atoms with Crippen molar-refractivity contribution in [1.29, 1.82) is 0 Å². The number of hydrogen-bond donors (Lipinski definition) is 0. The lowest BCUT2D eigenvalue weighted by atomic mass is 10.1. The summed E-state index contributed by atoms with van der Waals surface area (Å²) in [5, 5.41) is 0. The van der Waals surface area contributed by atoms with Crippen molar-refractivity contribution < 1.29 is 4.57 Å². The average molecular weight is 570 g/mol. The van der Waals surface area contributed by atoms with E-state index in [9.17, 15) is 0 Å². The maximum atomic E-state index is 2.36. The fraction of sp³-hybridized carbons (Fsp3) is 0.265. The fourth-order valence-corrected chi connectivity index (χ4v) is 6.32. The van der Waals surface area contributed by atoms with E-state index in [4.69, 9.17) is 0 Å². The molecule has 0 saturated heterocycles. The Labute approximate surface area is 248 Å². The second-order valence-corrected chi connectivity index (χ2v) is 12.8. The van der Waals surface area contributed by atoms with Gasteiger partial charge >= 0.3 is 0 Å². The number of anilines is 1. The van der Waals surface area contributed by atoms with Crippen molar-refractivity contribution in [2.75, 3.05) is 43.6 Å². The molecule has 0 spiro atoms. The monoisotopic (exact) mass is 569 g/mol. The number of nitrogens with zero attached hydrogens (tertiary/aromatic N) is 4. The average Bonchev–Trinajstić information content (AvgIpc) is 3.24. The first kappa shape index (κ1) is 29.6. The van der Waals surface area contributed by atoms with Crippen molar-refractivity contribution >= 4 is 45.5 Å². The Kier molecular flexibility index (Phi) is 11.4. The van der Waals surface area contributed by atoms with E-state index < -0.39 is 0 Å². The smallest absolute Gasteiger partial charge is 0.169 e. The van der Waals surface area contributed by atoms with Gasteiger partial charge in [-0.25, -0.2) is 4.57 Å². The van der Waals surface area contributed by atoms with Crippen molar-refractivity contribution in [2.45, 2.75) is 6.42 Å². The highest BCUT2D eigenvalue weighted by Gasteiger charge is 2.05. The van der Waals surface area contributed by atoms with Gasteiger partial charge in [0.15, 0.2) is 12.4 Å². The van der Waals surface area contributed by atoms with E-state index >= 15 is 0 Å². The summed E-state index contributed by atoms with van der Waals surface area (Å²) in [4.78, 5) is 4.70. The predicted molar refractivity (Wildman–Crippen MR) is 178 cm³/mol. The quantitative estimate of drug-likeness (QED) is 0.122. The number of benzene rings is 1. The molecule has 0 fully saturated rings. The van der Waals surface area contributed by atoms with Gasteiger partial charge in [-0.05, 0) is 53.0 Å². The van der Waals surface area contributed by atoms with E-state index in [1.54, 1.807) is 0 Å². The molecule has 0 radical (unpaired) electrons. The van der Waals surface area contributed by atoms with Crippen molar-refractivity contribution in [3.05, 3.63) is 126 Å². The molecule has 6 heteroatoms. The third kappa shape index (κ3) is 9.68. The minimum Gasteiger partial charge on any atom is -0.374 e. The van der Waals surface area contributed by atoms with Gasteiger partial charge < -0.3 is 14.4 Å². The number of aromatic nitrogens is 2. The van der Waals surface area contributed by atoms with Crippen LogP contribution in [0.1, 0.15) is 23.1 Å². The Hall–Kier alpha value is -3.35. The molecule has 0 bridgehead atoms. The van der Waals surface area contributed by atoms with Crippen LogP contribution in [0.15, 0.2) is 109 Å². The van der Waals surface area contributed by atoms with Crippen LogP contribution in [-0.4, -0.2) is 48.2 Å². The molecule has 1 aliphatic rings. The SMILES string of the molecule is CN(CCSSCCN(C)c1ccc(/C=C/c2ccn(C)c2)cc1)C1=CCC=C(/C=C/c2cc[n+](C)cc2)C=C1. The number of aryl methyl sites for hydroxylation is 2. The second-order valence-electron chi connectivity index (χ2n) is 10.1. The maximum Gasteiger partial charge on any atom is 0.169 e. The zero-order valence-corrected chi connectivity index (χ0v) is 25.7. The molecule has 3 aromatic rings. The van der Waals surface area contributed by atoms with Crippen LogP contribution in [0.4, 0.5) is 5.69 Å². The van der Waals surface area contributed by atoms with Crippen molar-refractivity contribution in [2.24, 2.45) is 14.1 Å². The van der Waals surface area contributed by atoms with E-state index in [1.165, 1.54) is 33.6 Å². The largest absolute Gasteiger partial charge is 0.374 e. The molecule has 0 aliphatic heterocycles. The molecular weight excluding hydrogens is 529 g/mol. The molecule has 0 N–H and O–H groups in total. The Morgan fingerprint density at radius 3 is 2.12 bits per heavy atom. The number of allylic oxidation sites excluding steroid dienone is 6. The van der Waals surface area contributed by atoms with E-state index in [1.807, 2.05) is 35.7 Å². The zero-order valence-electron chi connectivity index (χ0n) is 24.1. The summed E-state index contributed by atoms with van der Waals surface area (Å²) in [6, 6.07) is 15.2. The first-order valence-electron chi connectivity index (χ1n) is 13.7. The summed E-state index contributed by atoms with van der Waals surface area (Å²) in [6.45, 7) is 2.07. The first-order chi connectivity index (χ1) is 19.5. The molecule has 0 amide bonds. The van der Waals surface area contributed by atoms with Gasteiger partial charge in [0.1, 0.15) is 7.05 Å². The van der Waals surface area contributed by atoms with E-state index in [0.717, 1.165) is 31.0 Å². The van der Waals surface area contributed by atoms with Gasteiger partial charge in [-0.15, -0.1) is 0 Å². The third-order valence-corrected chi connectivity index (χ3v) is 9.17. The molecule has 4 rings (SSSR count). The van der Waals surface area contributed by atoms with Crippen LogP contribution in [0, 0.1) is 0 Å². The minimum atomic E-state index is 0.953. The highest BCUT2D eigenvalue weighted by atomic mass is 33.1. The van der Waals surface area contributed by atoms with Gasteiger partial charge in [-0.1, -0.05) is 76.3 Å². The van der Waals surface area contributed by atoms with Crippen LogP contribution < -0.4 is 9.47 Å². The van der Waals surface area contributed by atoms with Gasteiger partial charge in [0, 0.05) is 81.6 Å². The summed E-state index contributed by atoms with van der Waals surface area (Å²) in [5.41, 5.74) is 7.46. The number of likely N-dealkylation sites (N-methyl/N-ethyl adjacent to an activating group) is 1. The number of rotatable bonds is 13. The van der Waals surface area contributed by atoms with E-state index in [-0.39, 0.29) is 0 Å². The predicted octanol–water partition coefficient (Wildman–Crippen LogP) is 7.25. The molecule has 2 heterocycles. The van der Waals surface area contributed by atoms with Crippen molar-refractivity contribution in [3.63, 3.8) is 0 Å². The topological polar surface area (TPSA) is 15.3 Å². The lowest BCUT2D eigenvalue weighted by Gasteiger charge is -2.21. The van der Waals surface area contributed by atoms with E-state index in [0.29, 0.717) is 0 Å². The fourth-order valence-electron chi connectivity index (χ4n) is 4.24.